The molecule has 20 heavy (non-hydrogen) atoms. The van der Waals surface area contributed by atoms with E-state index >= 15 is 0 Å². The molecule has 0 unspecified atom stereocenters. The lowest BCUT2D eigenvalue weighted by Gasteiger charge is -2.31. The molecule has 0 aromatic carbocycles. The first-order valence-electron chi connectivity index (χ1n) is 6.98. The third-order valence-electron chi connectivity index (χ3n) is 3.28. The van der Waals surface area contributed by atoms with Gasteiger partial charge in [-0.3, -0.25) is 0 Å². The van der Waals surface area contributed by atoms with E-state index in [0.29, 0.717) is 19.0 Å². The smallest absolute Gasteiger partial charge is 0.233 e. The van der Waals surface area contributed by atoms with Crippen molar-refractivity contribution in [2.45, 2.75) is 52.2 Å². The van der Waals surface area contributed by atoms with E-state index in [0.717, 1.165) is 5.69 Å². The Labute approximate surface area is 122 Å². The Morgan fingerprint density at radius 3 is 2.20 bits per heavy atom. The van der Waals surface area contributed by atoms with Crippen LogP contribution in [-0.4, -0.2) is 46.9 Å². The average Bonchev–Trinajstić information content (AvgIpc) is 2.34. The summed E-state index contributed by atoms with van der Waals surface area (Å²) in [5.41, 5.74) is 0.958. The van der Waals surface area contributed by atoms with Crippen molar-refractivity contribution in [1.82, 2.24) is 20.4 Å². The molecule has 1 N–H and O–H groups in total. The highest BCUT2D eigenvalue weighted by Crippen LogP contribution is 2.13. The Morgan fingerprint density at radius 2 is 1.75 bits per heavy atom. The summed E-state index contributed by atoms with van der Waals surface area (Å²) < 4.78 is 5.70. The molecule has 5 nitrogen and oxygen atoms in total. The maximum atomic E-state index is 5.70. The minimum atomic E-state index is -0.0336. The Hall–Kier alpha value is -1.20. The molecule has 0 spiro atoms. The van der Waals surface area contributed by atoms with Gasteiger partial charge in [-0.2, -0.15) is 5.10 Å². The fourth-order valence-electron chi connectivity index (χ4n) is 1.25. The average molecular weight is 280 g/mol. The van der Waals surface area contributed by atoms with Gasteiger partial charge in [0.25, 0.3) is 0 Å². The Balaban J connectivity index is 2.51. The zero-order valence-electron chi connectivity index (χ0n) is 13.8. The zero-order valence-corrected chi connectivity index (χ0v) is 13.8. The molecule has 5 heteroatoms. The van der Waals surface area contributed by atoms with Crippen LogP contribution in [0.4, 0.5) is 0 Å². The number of rotatable bonds is 6. The van der Waals surface area contributed by atoms with Gasteiger partial charge < -0.3 is 15.0 Å². The molecule has 0 atom stereocenters. The van der Waals surface area contributed by atoms with E-state index in [2.05, 4.69) is 55.0 Å². The van der Waals surface area contributed by atoms with E-state index in [4.69, 9.17) is 4.74 Å². The Bertz CT molecular complexity index is 407. The predicted molar refractivity (Wildman–Crippen MR) is 81.9 cm³/mol. The van der Waals surface area contributed by atoms with Gasteiger partial charge in [-0.1, -0.05) is 0 Å². The number of likely N-dealkylation sites (N-methyl/N-ethyl adjacent to an activating group) is 1. The summed E-state index contributed by atoms with van der Waals surface area (Å²) in [6.45, 7) is 11.9. The first kappa shape index (κ1) is 16.9. The number of hydrogen-bond acceptors (Lipinski definition) is 5. The normalized spacial score (nSPS) is 12.8. The van der Waals surface area contributed by atoms with Crippen LogP contribution in [0.1, 0.15) is 40.3 Å². The predicted octanol–water partition coefficient (Wildman–Crippen LogP) is 2.08. The fraction of sp³-hybridized carbons (Fsp3) is 0.733. The minimum absolute atomic E-state index is 0.0336. The molecule has 0 aliphatic carbocycles. The van der Waals surface area contributed by atoms with E-state index < -0.39 is 0 Å². The second kappa shape index (κ2) is 6.50. The first-order chi connectivity index (χ1) is 9.10. The lowest BCUT2D eigenvalue weighted by molar-refractivity contribution is 0.110. The number of hydrogen-bond donors (Lipinski definition) is 1. The molecule has 114 valence electrons. The maximum Gasteiger partial charge on any atom is 0.233 e. The van der Waals surface area contributed by atoms with Crippen molar-refractivity contribution >= 4 is 0 Å². The fourth-order valence-corrected chi connectivity index (χ4v) is 1.25. The van der Waals surface area contributed by atoms with Crippen molar-refractivity contribution in [3.63, 3.8) is 0 Å². The monoisotopic (exact) mass is 280 g/mol. The van der Waals surface area contributed by atoms with Crippen LogP contribution < -0.4 is 10.1 Å². The summed E-state index contributed by atoms with van der Waals surface area (Å²) in [6, 6.07) is 3.82. The van der Waals surface area contributed by atoms with Crippen molar-refractivity contribution in [1.29, 1.82) is 0 Å². The minimum Gasteiger partial charge on any atom is -0.475 e. The highest BCUT2D eigenvalue weighted by Gasteiger charge is 2.21. The molecule has 1 aromatic heterocycles. The highest BCUT2D eigenvalue weighted by molar-refractivity contribution is 5.11. The van der Waals surface area contributed by atoms with Gasteiger partial charge in [0.15, 0.2) is 0 Å². The molecule has 0 amide bonds. The van der Waals surface area contributed by atoms with Crippen molar-refractivity contribution < 1.29 is 4.74 Å². The van der Waals surface area contributed by atoms with E-state index in [-0.39, 0.29) is 11.1 Å². The molecule has 0 saturated carbocycles. The van der Waals surface area contributed by atoms with Crippen LogP contribution >= 0.6 is 0 Å². The van der Waals surface area contributed by atoms with Gasteiger partial charge in [0.05, 0.1) is 5.69 Å². The van der Waals surface area contributed by atoms with Crippen molar-refractivity contribution in [2.24, 2.45) is 0 Å². The molecule has 0 bridgehead atoms. The van der Waals surface area contributed by atoms with Gasteiger partial charge in [-0.05, 0) is 54.8 Å². The molecule has 0 radical (unpaired) electrons. The summed E-state index contributed by atoms with van der Waals surface area (Å²) in [5.74, 6) is 0.569. The topological polar surface area (TPSA) is 50.3 Å². The summed E-state index contributed by atoms with van der Waals surface area (Å²) in [5, 5.41) is 11.7. The second-order valence-electron chi connectivity index (χ2n) is 6.96. The Morgan fingerprint density at radius 1 is 1.10 bits per heavy atom. The van der Waals surface area contributed by atoms with Crippen LogP contribution in [0.15, 0.2) is 12.1 Å². The second-order valence-corrected chi connectivity index (χ2v) is 6.96. The van der Waals surface area contributed by atoms with E-state index in [1.54, 1.807) is 0 Å². The molecular formula is C15H28N4O. The van der Waals surface area contributed by atoms with Gasteiger partial charge in [0.2, 0.25) is 5.88 Å². The molecule has 1 aromatic rings. The quantitative estimate of drug-likeness (QED) is 0.864. The van der Waals surface area contributed by atoms with Gasteiger partial charge in [0.1, 0.15) is 6.61 Å². The molecule has 0 fully saturated rings. The van der Waals surface area contributed by atoms with E-state index in [1.165, 1.54) is 0 Å². The molecule has 0 saturated heterocycles. The van der Waals surface area contributed by atoms with Crippen molar-refractivity contribution in [3.05, 3.63) is 17.8 Å². The van der Waals surface area contributed by atoms with E-state index in [1.807, 2.05) is 26.2 Å². The van der Waals surface area contributed by atoms with Gasteiger partial charge in [-0.15, -0.1) is 5.10 Å². The van der Waals surface area contributed by atoms with Crippen LogP contribution in [0.5, 0.6) is 5.88 Å². The third kappa shape index (κ3) is 5.84. The molecule has 1 rings (SSSR count). The SMILES string of the molecule is CN(C)C(C)(C)COc1ccc(CNC(C)(C)C)nn1. The third-order valence-corrected chi connectivity index (χ3v) is 3.28. The molecule has 0 aliphatic heterocycles. The first-order valence-corrected chi connectivity index (χ1v) is 6.98. The molecule has 0 aliphatic rings. The molecule has 1 heterocycles. The van der Waals surface area contributed by atoms with Crippen LogP contribution in [0.25, 0.3) is 0 Å². The van der Waals surface area contributed by atoms with E-state index in [9.17, 15) is 0 Å². The van der Waals surface area contributed by atoms with Gasteiger partial charge in [0, 0.05) is 23.7 Å². The zero-order chi connectivity index (χ0) is 15.4. The Kier molecular flexibility index (Phi) is 5.48. The summed E-state index contributed by atoms with van der Waals surface area (Å²) >= 11 is 0. The van der Waals surface area contributed by atoms with Crippen LogP contribution in [-0.2, 0) is 6.54 Å². The van der Waals surface area contributed by atoms with Crippen molar-refractivity contribution in [3.8, 4) is 5.88 Å². The maximum absolute atomic E-state index is 5.70. The standard InChI is InChI=1S/C15H28N4O/c1-14(2,3)16-10-12-8-9-13(18-17-12)20-11-15(4,5)19(6)7/h8-9,16H,10-11H2,1-7H3. The van der Waals surface area contributed by atoms with Crippen molar-refractivity contribution in [2.75, 3.05) is 20.7 Å². The number of nitrogens with one attached hydrogen (secondary N) is 1. The van der Waals surface area contributed by atoms with Crippen LogP contribution in [0.2, 0.25) is 0 Å². The van der Waals surface area contributed by atoms with Crippen LogP contribution in [0, 0.1) is 0 Å². The number of nitrogens with zero attached hydrogens (tertiary/aromatic N) is 3. The lowest BCUT2D eigenvalue weighted by Crippen LogP contribution is -2.43. The number of aromatic nitrogens is 2. The highest BCUT2D eigenvalue weighted by atomic mass is 16.5. The summed E-state index contributed by atoms with van der Waals surface area (Å²) in [7, 11) is 4.08. The lowest BCUT2D eigenvalue weighted by atomic mass is 10.1. The number of ether oxygens (including phenoxy) is 1. The van der Waals surface area contributed by atoms with Crippen LogP contribution in [0.3, 0.4) is 0 Å². The summed E-state index contributed by atoms with van der Waals surface area (Å²) in [4.78, 5) is 2.13. The summed E-state index contributed by atoms with van der Waals surface area (Å²) in [6.07, 6.45) is 0. The van der Waals surface area contributed by atoms with Gasteiger partial charge in [-0.25, -0.2) is 0 Å². The largest absolute Gasteiger partial charge is 0.475 e. The molecular weight excluding hydrogens is 252 g/mol. The van der Waals surface area contributed by atoms with Gasteiger partial charge >= 0.3 is 0 Å².